The van der Waals surface area contributed by atoms with Gasteiger partial charge in [-0.05, 0) is 124 Å². The second-order valence-corrected chi connectivity index (χ2v) is 16.6. The monoisotopic (exact) mass is 712 g/mol. The minimum absolute atomic E-state index is 0.171. The van der Waals surface area contributed by atoms with E-state index in [4.69, 9.17) is 0 Å². The Labute approximate surface area is 323 Å². The Morgan fingerprint density at radius 2 is 1.18 bits per heavy atom. The number of hydrogen-bond donors (Lipinski definition) is 1. The fourth-order valence-corrected chi connectivity index (χ4v) is 10.2. The molecule has 8 aromatic rings. The Balaban J connectivity index is 1.20. The molecule has 0 saturated heterocycles. The van der Waals surface area contributed by atoms with Gasteiger partial charge in [0.15, 0.2) is 0 Å². The highest BCUT2D eigenvalue weighted by atomic mass is 15.3. The molecule has 2 aliphatic heterocycles. The maximum Gasteiger partial charge on any atom is 0.0789 e. The number of fused-ring (bicyclic) bond motifs is 12. The summed E-state index contributed by atoms with van der Waals surface area (Å²) in [6, 6.07) is 52.1. The average molecular weight is 713 g/mol. The highest BCUT2D eigenvalue weighted by molar-refractivity contribution is 6.28. The number of anilines is 6. The highest BCUT2D eigenvalue weighted by Gasteiger charge is 2.60. The summed E-state index contributed by atoms with van der Waals surface area (Å²) in [5, 5.41) is 9.13. The smallest absolute Gasteiger partial charge is 0.0789 e. The second kappa shape index (κ2) is 11.4. The van der Waals surface area contributed by atoms with Crippen LogP contribution in [0.15, 0.2) is 151 Å². The number of hydrogen-bond acceptors (Lipinski definition) is 3. The minimum atomic E-state index is -0.179. The fourth-order valence-electron chi connectivity index (χ4n) is 10.2. The van der Waals surface area contributed by atoms with Gasteiger partial charge in [-0.2, -0.15) is 0 Å². The Morgan fingerprint density at radius 3 is 1.85 bits per heavy atom. The molecule has 4 heteroatoms. The van der Waals surface area contributed by atoms with Gasteiger partial charge in [-0.1, -0.05) is 102 Å². The van der Waals surface area contributed by atoms with Crippen molar-refractivity contribution in [3.05, 3.63) is 174 Å². The first-order valence-electron chi connectivity index (χ1n) is 19.6. The van der Waals surface area contributed by atoms with Crippen LogP contribution in [0.2, 0.25) is 0 Å². The number of rotatable bonds is 5. The summed E-state index contributed by atoms with van der Waals surface area (Å²) in [4.78, 5) is 5.15. The highest BCUT2D eigenvalue weighted by Crippen LogP contribution is 2.67. The standard InChI is InChI=1S/C51H44N4/c1-32-14-20-35(21-15-32)52-36-28-29-51(5)50(4,31-36)47-41-11-7-6-10-40(41)46-42-30-39(53(37-22-16-33(2)17-23-37)38-24-18-34(3)19-25-38)26-27-43(42)54-44-12-8-9-13-45(44)55(51)49(47)48(46)54/h6-28,30,52H,29,31H2,1-5H3. The van der Waals surface area contributed by atoms with Crippen molar-refractivity contribution in [2.24, 2.45) is 0 Å². The Morgan fingerprint density at radius 1 is 0.600 bits per heavy atom. The first-order chi connectivity index (χ1) is 26.7. The molecule has 3 heterocycles. The maximum atomic E-state index is 3.85. The third-order valence-corrected chi connectivity index (χ3v) is 13.2. The summed E-state index contributed by atoms with van der Waals surface area (Å²) < 4.78 is 2.58. The zero-order valence-electron chi connectivity index (χ0n) is 32.1. The van der Waals surface area contributed by atoms with E-state index >= 15 is 0 Å². The lowest BCUT2D eigenvalue weighted by Gasteiger charge is -2.50. The van der Waals surface area contributed by atoms with Crippen LogP contribution in [-0.2, 0) is 5.41 Å². The van der Waals surface area contributed by atoms with Crippen LogP contribution in [0.5, 0.6) is 0 Å². The first kappa shape index (κ1) is 32.2. The summed E-state index contributed by atoms with van der Waals surface area (Å²) >= 11 is 0. The summed E-state index contributed by atoms with van der Waals surface area (Å²) in [7, 11) is 0. The predicted octanol–water partition coefficient (Wildman–Crippen LogP) is 13.6. The number of aryl methyl sites for hydroxylation is 3. The molecule has 0 bridgehead atoms. The van der Waals surface area contributed by atoms with Crippen molar-refractivity contribution >= 4 is 66.7 Å². The maximum absolute atomic E-state index is 3.85. The van der Waals surface area contributed by atoms with Crippen molar-refractivity contribution in [1.29, 1.82) is 0 Å². The molecule has 0 saturated carbocycles. The molecule has 0 radical (unpaired) electrons. The Hall–Kier alpha value is -6.26. The van der Waals surface area contributed by atoms with Crippen LogP contribution < -0.4 is 15.1 Å². The van der Waals surface area contributed by atoms with Crippen LogP contribution in [0.3, 0.4) is 0 Å². The van der Waals surface area contributed by atoms with Gasteiger partial charge < -0.3 is 19.7 Å². The lowest BCUT2D eigenvalue weighted by atomic mass is 9.62. The molecule has 11 rings (SSSR count). The van der Waals surface area contributed by atoms with E-state index < -0.39 is 0 Å². The molecule has 1 aromatic heterocycles. The minimum Gasteiger partial charge on any atom is -0.359 e. The molecule has 0 fully saturated rings. The van der Waals surface area contributed by atoms with Crippen LogP contribution in [0.4, 0.5) is 34.1 Å². The Kier molecular flexibility index (Phi) is 6.66. The lowest BCUT2D eigenvalue weighted by molar-refractivity contribution is 0.265. The van der Waals surface area contributed by atoms with Gasteiger partial charge in [0.1, 0.15) is 0 Å². The number of benzene rings is 7. The van der Waals surface area contributed by atoms with E-state index in [1.54, 1.807) is 0 Å². The number of aromatic nitrogens is 1. The van der Waals surface area contributed by atoms with Crippen molar-refractivity contribution in [2.75, 3.05) is 15.1 Å². The third-order valence-electron chi connectivity index (χ3n) is 13.2. The summed E-state index contributed by atoms with van der Waals surface area (Å²) in [6.45, 7) is 11.5. The van der Waals surface area contributed by atoms with Gasteiger partial charge in [0.05, 0.1) is 33.6 Å². The predicted molar refractivity (Wildman–Crippen MR) is 232 cm³/mol. The molecule has 0 spiro atoms. The number of para-hydroxylation sites is 2. The fraction of sp³-hybridized carbons (Fsp3) is 0.176. The van der Waals surface area contributed by atoms with Crippen molar-refractivity contribution in [1.82, 2.24) is 4.57 Å². The normalized spacial score (nSPS) is 19.4. The van der Waals surface area contributed by atoms with Crippen LogP contribution in [0.25, 0.3) is 38.3 Å². The molecule has 1 aliphatic carbocycles. The van der Waals surface area contributed by atoms with E-state index in [1.807, 2.05) is 0 Å². The average Bonchev–Trinajstić information content (AvgIpc) is 3.65. The number of nitrogens with one attached hydrogen (secondary N) is 1. The van der Waals surface area contributed by atoms with Gasteiger partial charge in [-0.25, -0.2) is 0 Å². The van der Waals surface area contributed by atoms with Crippen LogP contribution >= 0.6 is 0 Å². The quantitative estimate of drug-likeness (QED) is 0.192. The molecule has 3 aliphatic rings. The Bertz CT molecular complexity index is 2850. The number of allylic oxidation sites excluding steroid dienone is 1. The molecule has 268 valence electrons. The van der Waals surface area contributed by atoms with Crippen molar-refractivity contribution in [3.8, 4) is 5.69 Å². The zero-order chi connectivity index (χ0) is 37.2. The zero-order valence-corrected chi connectivity index (χ0v) is 32.1. The van der Waals surface area contributed by atoms with Crippen molar-refractivity contribution < 1.29 is 0 Å². The molecular formula is C51H44N4. The third kappa shape index (κ3) is 4.40. The van der Waals surface area contributed by atoms with Crippen molar-refractivity contribution in [3.63, 3.8) is 0 Å². The SMILES string of the molecule is Cc1ccc(NC2=CCC3(C)N4c5ccccc5-n5c6ccc(N(c7ccc(C)cc7)c7ccc(C)cc7)cc6c6c7ccccc7c(c4c65)C3(C)C2)cc1. The summed E-state index contributed by atoms with van der Waals surface area (Å²) in [5.74, 6) is 0. The van der Waals surface area contributed by atoms with Gasteiger partial charge in [0, 0.05) is 44.6 Å². The molecule has 2 unspecified atom stereocenters. The van der Waals surface area contributed by atoms with Crippen molar-refractivity contribution in [2.45, 2.75) is 58.4 Å². The molecule has 0 amide bonds. The number of nitrogens with zero attached hydrogens (tertiary/aromatic N) is 3. The molecule has 2 atom stereocenters. The molecule has 7 aromatic carbocycles. The van der Waals surface area contributed by atoms with E-state index in [0.29, 0.717) is 0 Å². The molecule has 55 heavy (non-hydrogen) atoms. The first-order valence-corrected chi connectivity index (χ1v) is 19.6. The lowest BCUT2D eigenvalue weighted by Crippen LogP contribution is -2.55. The van der Waals surface area contributed by atoms with E-state index in [0.717, 1.165) is 35.6 Å². The van der Waals surface area contributed by atoms with Gasteiger partial charge in [0.25, 0.3) is 0 Å². The van der Waals surface area contributed by atoms with Gasteiger partial charge >= 0.3 is 0 Å². The van der Waals surface area contributed by atoms with Gasteiger partial charge in [0.2, 0.25) is 0 Å². The topological polar surface area (TPSA) is 23.4 Å². The van der Waals surface area contributed by atoms with E-state index in [2.05, 4.69) is 200 Å². The van der Waals surface area contributed by atoms with Crippen LogP contribution in [0.1, 0.15) is 48.9 Å². The molecule has 1 N–H and O–H groups in total. The molecular weight excluding hydrogens is 669 g/mol. The second-order valence-electron chi connectivity index (χ2n) is 16.6. The largest absolute Gasteiger partial charge is 0.359 e. The van der Waals surface area contributed by atoms with Crippen LogP contribution in [-0.4, -0.2) is 10.1 Å². The van der Waals surface area contributed by atoms with Gasteiger partial charge in [-0.15, -0.1) is 0 Å². The van der Waals surface area contributed by atoms with Crippen LogP contribution in [0, 0.1) is 20.8 Å². The van der Waals surface area contributed by atoms with Gasteiger partial charge in [-0.3, -0.25) is 0 Å². The summed E-state index contributed by atoms with van der Waals surface area (Å²) in [5.41, 5.74) is 17.3. The summed E-state index contributed by atoms with van der Waals surface area (Å²) in [6.07, 6.45) is 4.32. The van der Waals surface area contributed by atoms with E-state index in [1.165, 1.54) is 77.6 Å². The van der Waals surface area contributed by atoms with E-state index in [9.17, 15) is 0 Å². The van der Waals surface area contributed by atoms with E-state index in [-0.39, 0.29) is 11.0 Å². The molecule has 4 nitrogen and oxygen atoms in total.